The Balaban J connectivity index is 0.000000152. The molecule has 0 saturated heterocycles. The van der Waals surface area contributed by atoms with Gasteiger partial charge in [-0.05, 0) is 67.4 Å². The summed E-state index contributed by atoms with van der Waals surface area (Å²) in [6, 6.07) is 32.3. The number of fused-ring (bicyclic) bond motifs is 4. The van der Waals surface area contributed by atoms with Crippen LogP contribution in [-0.2, 0) is 0 Å². The van der Waals surface area contributed by atoms with E-state index in [9.17, 15) is 38.0 Å². The molecule has 8 aromatic carbocycles. The van der Waals surface area contributed by atoms with Gasteiger partial charge in [0.2, 0.25) is 0 Å². The van der Waals surface area contributed by atoms with Crippen molar-refractivity contribution < 1.29 is 38.0 Å². The molecule has 0 unspecified atom stereocenters. The van der Waals surface area contributed by atoms with Crippen molar-refractivity contribution >= 4 is 43.1 Å². The van der Waals surface area contributed by atoms with E-state index in [4.69, 9.17) is 0 Å². The van der Waals surface area contributed by atoms with Crippen molar-refractivity contribution in [1.29, 1.82) is 0 Å². The molecule has 0 heterocycles. The second-order valence-electron chi connectivity index (χ2n) is 11.2. The maximum atomic E-state index is 14.2. The van der Waals surface area contributed by atoms with E-state index in [0.717, 1.165) is 0 Å². The zero-order valence-electron chi connectivity index (χ0n) is 24.8. The van der Waals surface area contributed by atoms with Crippen molar-refractivity contribution in [3.8, 4) is 45.3 Å². The molecule has 0 aliphatic rings. The highest BCUT2D eigenvalue weighted by Crippen LogP contribution is 2.48. The van der Waals surface area contributed by atoms with E-state index < -0.39 is 46.3 Å². The van der Waals surface area contributed by atoms with Crippen LogP contribution in [0.15, 0.2) is 121 Å². The van der Waals surface area contributed by atoms with Crippen molar-refractivity contribution in [2.45, 2.75) is 0 Å². The number of benzene rings is 8. The van der Waals surface area contributed by atoms with E-state index in [0.29, 0.717) is 43.1 Å². The van der Waals surface area contributed by atoms with Gasteiger partial charge in [-0.15, -0.1) is 0 Å². The van der Waals surface area contributed by atoms with Gasteiger partial charge in [-0.3, -0.25) is 0 Å². The van der Waals surface area contributed by atoms with Crippen LogP contribution in [0.4, 0.5) is 17.6 Å². The van der Waals surface area contributed by atoms with Crippen LogP contribution < -0.4 is 0 Å². The minimum Gasteiger partial charge on any atom is -0.504 e. The molecular weight excluding hydrogens is 620 g/mol. The molecule has 48 heavy (non-hydrogen) atoms. The first-order chi connectivity index (χ1) is 23.2. The van der Waals surface area contributed by atoms with Crippen molar-refractivity contribution in [1.82, 2.24) is 0 Å². The fourth-order valence-corrected chi connectivity index (χ4v) is 6.22. The van der Waals surface area contributed by atoms with Crippen LogP contribution in [0.25, 0.3) is 65.3 Å². The van der Waals surface area contributed by atoms with Crippen LogP contribution >= 0.6 is 0 Å². The molecule has 0 saturated carbocycles. The summed E-state index contributed by atoms with van der Waals surface area (Å²) in [6.07, 6.45) is 0. The van der Waals surface area contributed by atoms with E-state index in [1.807, 2.05) is 0 Å². The molecule has 0 amide bonds. The lowest BCUT2D eigenvalue weighted by Gasteiger charge is -2.15. The van der Waals surface area contributed by atoms with E-state index in [1.165, 1.54) is 24.3 Å². The summed E-state index contributed by atoms with van der Waals surface area (Å²) in [5.74, 6) is -5.74. The molecule has 8 aromatic rings. The Labute approximate surface area is 270 Å². The molecule has 8 rings (SSSR count). The Hall–Kier alpha value is -6.28. The number of rotatable bonds is 2. The third kappa shape index (κ3) is 4.95. The van der Waals surface area contributed by atoms with Crippen LogP contribution in [-0.4, -0.2) is 20.4 Å². The Morgan fingerprint density at radius 2 is 0.479 bits per heavy atom. The van der Waals surface area contributed by atoms with Gasteiger partial charge in [-0.1, -0.05) is 97.1 Å². The number of phenolic OH excluding ortho intramolecular Hbond substituents is 4. The van der Waals surface area contributed by atoms with Gasteiger partial charge < -0.3 is 20.4 Å². The summed E-state index contributed by atoms with van der Waals surface area (Å²) in [4.78, 5) is 0. The third-order valence-electron chi connectivity index (χ3n) is 8.40. The van der Waals surface area contributed by atoms with Gasteiger partial charge in [0.15, 0.2) is 46.3 Å². The maximum Gasteiger partial charge on any atom is 0.166 e. The van der Waals surface area contributed by atoms with Crippen LogP contribution in [0.1, 0.15) is 0 Å². The van der Waals surface area contributed by atoms with Crippen molar-refractivity contribution in [2.75, 3.05) is 0 Å². The van der Waals surface area contributed by atoms with Crippen LogP contribution in [0.5, 0.6) is 23.0 Å². The van der Waals surface area contributed by atoms with E-state index >= 15 is 0 Å². The zero-order chi connectivity index (χ0) is 33.7. The number of halogens is 4. The fraction of sp³-hybridized carbons (Fsp3) is 0. The second-order valence-corrected chi connectivity index (χ2v) is 11.2. The highest BCUT2D eigenvalue weighted by Gasteiger charge is 2.23. The van der Waals surface area contributed by atoms with Crippen LogP contribution in [0, 0.1) is 23.3 Å². The summed E-state index contributed by atoms with van der Waals surface area (Å²) >= 11 is 0. The Morgan fingerprint density at radius 3 is 0.688 bits per heavy atom. The first-order valence-corrected chi connectivity index (χ1v) is 14.8. The Bertz CT molecular complexity index is 2210. The number of hydrogen-bond acceptors (Lipinski definition) is 4. The standard InChI is InChI=1S/2C20H12F2O2/c2*21-15-9-11-5-1-3-7-13(11)17(19(15)23)18-14-8-4-2-6-12(14)10-16(22)20(18)24/h2*1-10,23-24H. The number of phenols is 4. The van der Waals surface area contributed by atoms with Crippen molar-refractivity contribution in [3.63, 3.8) is 0 Å². The lowest BCUT2D eigenvalue weighted by Crippen LogP contribution is -1.91. The average Bonchev–Trinajstić information content (AvgIpc) is 3.09. The second kappa shape index (κ2) is 11.8. The molecule has 0 aliphatic heterocycles. The molecule has 0 bridgehead atoms. The van der Waals surface area contributed by atoms with Crippen LogP contribution in [0.2, 0.25) is 0 Å². The van der Waals surface area contributed by atoms with Gasteiger partial charge in [0.05, 0.1) is 0 Å². The van der Waals surface area contributed by atoms with Gasteiger partial charge in [0.25, 0.3) is 0 Å². The molecule has 8 heteroatoms. The SMILES string of the molecule is Oc1c(F)cc2ccccc2c1-c1c(O)c(F)cc2ccccc12.Oc1c(F)cc2ccccc2c1-c1c(O)c(F)cc2ccccc12. The minimum absolute atomic E-state index is 0.0822. The lowest BCUT2D eigenvalue weighted by atomic mass is 9.92. The number of aromatic hydroxyl groups is 4. The summed E-state index contributed by atoms with van der Waals surface area (Å²) in [5, 5.41) is 45.6. The van der Waals surface area contributed by atoms with Gasteiger partial charge in [-0.2, -0.15) is 0 Å². The summed E-state index contributed by atoms with van der Waals surface area (Å²) < 4.78 is 56.8. The largest absolute Gasteiger partial charge is 0.504 e. The molecular formula is C40H24F4O4. The van der Waals surface area contributed by atoms with Crippen molar-refractivity contribution in [3.05, 3.63) is 145 Å². The quantitative estimate of drug-likeness (QED) is 0.141. The third-order valence-corrected chi connectivity index (χ3v) is 8.40. The predicted octanol–water partition coefficient (Wildman–Crippen LogP) is 10.7. The monoisotopic (exact) mass is 644 g/mol. The molecule has 236 valence electrons. The van der Waals surface area contributed by atoms with E-state index in [1.54, 1.807) is 97.1 Å². The lowest BCUT2D eigenvalue weighted by molar-refractivity contribution is 0.428. The summed E-state index contributed by atoms with van der Waals surface area (Å²) in [6.45, 7) is 0. The van der Waals surface area contributed by atoms with Crippen LogP contribution in [0.3, 0.4) is 0 Å². The number of hydrogen-bond donors (Lipinski definition) is 4. The maximum absolute atomic E-state index is 14.2. The Kier molecular flexibility index (Phi) is 7.48. The minimum atomic E-state index is -0.823. The average molecular weight is 645 g/mol. The molecule has 0 aromatic heterocycles. The highest BCUT2D eigenvalue weighted by molar-refractivity contribution is 6.11. The first kappa shape index (κ1) is 30.4. The zero-order valence-corrected chi connectivity index (χ0v) is 24.8. The van der Waals surface area contributed by atoms with Gasteiger partial charge in [-0.25, -0.2) is 17.6 Å². The van der Waals surface area contributed by atoms with Gasteiger partial charge in [0, 0.05) is 22.3 Å². The van der Waals surface area contributed by atoms with E-state index in [-0.39, 0.29) is 22.3 Å². The molecule has 4 N–H and O–H groups in total. The molecule has 0 radical (unpaired) electrons. The molecule has 0 spiro atoms. The predicted molar refractivity (Wildman–Crippen MR) is 180 cm³/mol. The molecule has 0 fully saturated rings. The van der Waals surface area contributed by atoms with E-state index in [2.05, 4.69) is 0 Å². The first-order valence-electron chi connectivity index (χ1n) is 14.8. The smallest absolute Gasteiger partial charge is 0.166 e. The van der Waals surface area contributed by atoms with Gasteiger partial charge >= 0.3 is 0 Å². The highest BCUT2D eigenvalue weighted by atomic mass is 19.1. The normalized spacial score (nSPS) is 11.2. The fourth-order valence-electron chi connectivity index (χ4n) is 6.22. The molecule has 0 atom stereocenters. The van der Waals surface area contributed by atoms with Crippen molar-refractivity contribution in [2.24, 2.45) is 0 Å². The topological polar surface area (TPSA) is 80.9 Å². The Morgan fingerprint density at radius 1 is 0.292 bits per heavy atom. The molecule has 0 aliphatic carbocycles. The molecule has 4 nitrogen and oxygen atoms in total. The van der Waals surface area contributed by atoms with Gasteiger partial charge in [0.1, 0.15) is 0 Å². The summed E-state index contributed by atoms with van der Waals surface area (Å²) in [7, 11) is 0. The summed E-state index contributed by atoms with van der Waals surface area (Å²) in [5.41, 5.74) is 0.329.